The van der Waals surface area contributed by atoms with Gasteiger partial charge in [-0.3, -0.25) is 0 Å². The zero-order valence-electron chi connectivity index (χ0n) is 24.0. The summed E-state index contributed by atoms with van der Waals surface area (Å²) >= 11 is 0. The van der Waals surface area contributed by atoms with Crippen molar-refractivity contribution in [2.45, 2.75) is 119 Å². The number of fused-ring (bicyclic) bond motifs is 7. The maximum absolute atomic E-state index is 10.9. The van der Waals surface area contributed by atoms with Gasteiger partial charge < -0.3 is 15.3 Å². The van der Waals surface area contributed by atoms with E-state index in [0.717, 1.165) is 18.3 Å². The number of allylic oxidation sites excluding steroid dienone is 1. The molecule has 35 heavy (non-hydrogen) atoms. The van der Waals surface area contributed by atoms with Crippen molar-refractivity contribution in [3.63, 3.8) is 0 Å². The van der Waals surface area contributed by atoms with Crippen molar-refractivity contribution >= 4 is 0 Å². The van der Waals surface area contributed by atoms with Crippen molar-refractivity contribution in [3.05, 3.63) is 12.2 Å². The Morgan fingerprint density at radius 3 is 2.06 bits per heavy atom. The van der Waals surface area contributed by atoms with Gasteiger partial charge in [-0.25, -0.2) is 0 Å². The van der Waals surface area contributed by atoms with E-state index >= 15 is 0 Å². The van der Waals surface area contributed by atoms with Crippen LogP contribution in [0, 0.1) is 56.7 Å². The van der Waals surface area contributed by atoms with Gasteiger partial charge in [0.05, 0.1) is 6.10 Å². The van der Waals surface area contributed by atoms with Gasteiger partial charge in [0.1, 0.15) is 0 Å². The Labute approximate surface area is 216 Å². The summed E-state index contributed by atoms with van der Waals surface area (Å²) < 4.78 is 0. The smallest absolute Gasteiger partial charge is 0.0594 e. The molecule has 0 unspecified atom stereocenters. The minimum Gasteiger partial charge on any atom is -0.397 e. The molecule has 0 aromatic rings. The summed E-state index contributed by atoms with van der Waals surface area (Å²) in [4.78, 5) is 0. The van der Waals surface area contributed by atoms with Crippen molar-refractivity contribution in [2.24, 2.45) is 56.7 Å². The van der Waals surface area contributed by atoms with Crippen molar-refractivity contribution in [1.82, 2.24) is 0 Å². The molecule has 0 amide bonds. The molecule has 5 aliphatic rings. The lowest BCUT2D eigenvalue weighted by atomic mass is 9.32. The first-order valence-corrected chi connectivity index (χ1v) is 14.8. The van der Waals surface area contributed by atoms with E-state index in [1.807, 2.05) is 0 Å². The quantitative estimate of drug-likeness (QED) is 0.367. The molecule has 0 aliphatic heterocycles. The van der Waals surface area contributed by atoms with Crippen LogP contribution in [0.3, 0.4) is 0 Å². The Morgan fingerprint density at radius 2 is 1.46 bits per heavy atom. The van der Waals surface area contributed by atoms with Crippen molar-refractivity contribution < 1.29 is 15.3 Å². The largest absolute Gasteiger partial charge is 0.397 e. The monoisotopic (exact) mass is 488 g/mol. The van der Waals surface area contributed by atoms with Gasteiger partial charge in [-0.15, -0.1) is 0 Å². The summed E-state index contributed by atoms with van der Waals surface area (Å²) in [5.41, 5.74) is 2.60. The van der Waals surface area contributed by atoms with Gasteiger partial charge in [-0.2, -0.15) is 0 Å². The van der Waals surface area contributed by atoms with Crippen LogP contribution in [0.2, 0.25) is 0 Å². The highest BCUT2D eigenvalue weighted by Crippen LogP contribution is 2.77. The first kappa shape index (κ1) is 27.6. The number of rotatable bonds is 2. The second-order valence-corrected chi connectivity index (χ2v) is 14.9. The van der Waals surface area contributed by atoms with Gasteiger partial charge in [0.25, 0.3) is 0 Å². The topological polar surface area (TPSA) is 60.7 Å². The van der Waals surface area contributed by atoms with Crippen molar-refractivity contribution in [3.8, 4) is 0 Å². The van der Waals surface area contributed by atoms with Gasteiger partial charge in [-0.05, 0) is 135 Å². The Hall–Kier alpha value is -0.380. The average Bonchev–Trinajstić information content (AvgIpc) is 3.18. The van der Waals surface area contributed by atoms with Crippen LogP contribution in [0.1, 0.15) is 113 Å². The summed E-state index contributed by atoms with van der Waals surface area (Å²) in [5, 5.41) is 29.1. The molecule has 0 spiro atoms. The number of hydrogen-bond acceptors (Lipinski definition) is 3. The van der Waals surface area contributed by atoms with E-state index in [9.17, 15) is 10.2 Å². The van der Waals surface area contributed by atoms with Crippen LogP contribution < -0.4 is 0 Å². The lowest BCUT2D eigenvalue weighted by Crippen LogP contribution is -2.66. The molecule has 0 heterocycles. The molecular formula is C32H56O3. The molecule has 0 aromatic heterocycles. The second-order valence-electron chi connectivity index (χ2n) is 14.9. The molecule has 3 N–H and O–H groups in total. The van der Waals surface area contributed by atoms with E-state index in [-0.39, 0.29) is 23.5 Å². The lowest BCUT2D eigenvalue weighted by Gasteiger charge is -2.73. The predicted molar refractivity (Wildman–Crippen MR) is 145 cm³/mol. The lowest BCUT2D eigenvalue weighted by molar-refractivity contribution is -0.249. The number of hydrogen-bond donors (Lipinski definition) is 3. The Balaban J connectivity index is 0.000000917. The summed E-state index contributed by atoms with van der Waals surface area (Å²) in [6.07, 6.45) is 12.2. The standard InChI is InChI=1S/C30H50O2.C2H6O/c1-19(2)20-10-15-30(18-31)17-16-28(6)21(25(20)30)8-9-23-27(5)13-12-24(32)26(3,4)22(27)11-14-29(23,28)7;1-2-3/h20-25,31-32H,1,8-18H2,2-7H3;3H,2H2,1H3/t20-,21+,22-,23+,24-,25+,27-,28+,29+,30+;/m0./s1. The third-order valence-corrected chi connectivity index (χ3v) is 13.5. The maximum atomic E-state index is 10.9. The summed E-state index contributed by atoms with van der Waals surface area (Å²) in [6.45, 7) is 21.7. The first-order chi connectivity index (χ1) is 16.3. The minimum atomic E-state index is -0.147. The zero-order valence-corrected chi connectivity index (χ0v) is 24.0. The fourth-order valence-corrected chi connectivity index (χ4v) is 11.5. The molecule has 5 fully saturated rings. The van der Waals surface area contributed by atoms with Gasteiger partial charge in [0, 0.05) is 13.2 Å². The highest BCUT2D eigenvalue weighted by atomic mass is 16.3. The van der Waals surface area contributed by atoms with Crippen LogP contribution in [0.5, 0.6) is 0 Å². The molecular weight excluding hydrogens is 432 g/mol. The highest BCUT2D eigenvalue weighted by Gasteiger charge is 2.70. The molecule has 3 heteroatoms. The third-order valence-electron chi connectivity index (χ3n) is 13.5. The van der Waals surface area contributed by atoms with Crippen molar-refractivity contribution in [1.29, 1.82) is 0 Å². The minimum absolute atomic E-state index is 0.0290. The van der Waals surface area contributed by atoms with E-state index in [1.54, 1.807) is 6.92 Å². The second kappa shape index (κ2) is 9.12. The number of aliphatic hydroxyl groups excluding tert-OH is 3. The van der Waals surface area contributed by atoms with Gasteiger partial charge >= 0.3 is 0 Å². The summed E-state index contributed by atoms with van der Waals surface area (Å²) in [5.74, 6) is 3.33. The molecule has 202 valence electrons. The summed E-state index contributed by atoms with van der Waals surface area (Å²) in [7, 11) is 0. The summed E-state index contributed by atoms with van der Waals surface area (Å²) in [6, 6.07) is 0. The normalized spacial score (nSPS) is 52.2. The Bertz CT molecular complexity index is 805. The van der Waals surface area contributed by atoms with Crippen LogP contribution in [0.15, 0.2) is 12.2 Å². The van der Waals surface area contributed by atoms with Crippen LogP contribution in [0.4, 0.5) is 0 Å². The Morgan fingerprint density at radius 1 is 0.800 bits per heavy atom. The molecule has 3 nitrogen and oxygen atoms in total. The first-order valence-electron chi connectivity index (χ1n) is 14.8. The van der Waals surface area contributed by atoms with Crippen LogP contribution in [-0.4, -0.2) is 34.6 Å². The molecule has 5 aliphatic carbocycles. The Kier molecular flexibility index (Phi) is 7.21. The molecule has 5 saturated carbocycles. The average molecular weight is 489 g/mol. The zero-order chi connectivity index (χ0) is 26.0. The molecule has 5 rings (SSSR count). The van der Waals surface area contributed by atoms with Gasteiger partial charge in [0.2, 0.25) is 0 Å². The third kappa shape index (κ3) is 3.68. The van der Waals surface area contributed by atoms with E-state index in [1.165, 1.54) is 63.4 Å². The number of aliphatic hydroxyl groups is 3. The van der Waals surface area contributed by atoms with Crippen LogP contribution >= 0.6 is 0 Å². The van der Waals surface area contributed by atoms with Crippen LogP contribution in [0.25, 0.3) is 0 Å². The molecule has 10 atom stereocenters. The SMILES string of the molecule is C=C(C)[C@@H]1CC[C@]2(CO)CC[C@]3(C)[C@H](CC[C@@H]4[C@@]5(C)CC[C@H](O)C(C)(C)[C@@H]5CC[C@]43C)[C@@H]12.CCO. The predicted octanol–water partition coefficient (Wildman–Crippen LogP) is 7.00. The molecule has 0 aromatic carbocycles. The van der Waals surface area contributed by atoms with Crippen LogP contribution in [-0.2, 0) is 0 Å². The molecule has 0 saturated heterocycles. The van der Waals surface area contributed by atoms with E-state index in [4.69, 9.17) is 5.11 Å². The molecule has 0 radical (unpaired) electrons. The fourth-order valence-electron chi connectivity index (χ4n) is 11.5. The fraction of sp³-hybridized carbons (Fsp3) is 0.938. The van der Waals surface area contributed by atoms with E-state index in [2.05, 4.69) is 48.1 Å². The highest BCUT2D eigenvalue weighted by molar-refractivity contribution is 5.21. The maximum Gasteiger partial charge on any atom is 0.0594 e. The van der Waals surface area contributed by atoms with E-state index in [0.29, 0.717) is 40.6 Å². The van der Waals surface area contributed by atoms with E-state index < -0.39 is 0 Å². The molecule has 0 bridgehead atoms. The van der Waals surface area contributed by atoms with Gasteiger partial charge in [0.15, 0.2) is 0 Å². The van der Waals surface area contributed by atoms with Crippen molar-refractivity contribution in [2.75, 3.05) is 13.2 Å². The van der Waals surface area contributed by atoms with Gasteiger partial charge in [-0.1, -0.05) is 46.8 Å².